The summed E-state index contributed by atoms with van der Waals surface area (Å²) in [6, 6.07) is 6.36. The molecule has 0 radical (unpaired) electrons. The second kappa shape index (κ2) is 4.37. The maximum Gasteiger partial charge on any atom is 0.171 e. The highest BCUT2D eigenvalue weighted by Gasteiger charge is 2.22. The van der Waals surface area contributed by atoms with E-state index in [1.165, 1.54) is 12.8 Å². The minimum atomic E-state index is 0.563. The Hall–Kier alpha value is -0.800. The van der Waals surface area contributed by atoms with Gasteiger partial charge in [-0.1, -0.05) is 23.7 Å². The predicted octanol–water partition coefficient (Wildman–Crippen LogP) is 3.10. The summed E-state index contributed by atoms with van der Waals surface area (Å²) < 4.78 is 0. The van der Waals surface area contributed by atoms with Crippen molar-refractivity contribution in [1.82, 2.24) is 5.32 Å². The Morgan fingerprint density at radius 3 is 2.80 bits per heavy atom. The number of anilines is 1. The molecule has 0 atom stereocenters. The van der Waals surface area contributed by atoms with Crippen LogP contribution in [-0.4, -0.2) is 11.2 Å². The first-order valence-electron chi connectivity index (χ1n) is 4.99. The fourth-order valence-electron chi connectivity index (χ4n) is 1.35. The van der Waals surface area contributed by atoms with Crippen LogP contribution in [0.5, 0.6) is 0 Å². The number of benzene rings is 1. The van der Waals surface area contributed by atoms with Crippen molar-refractivity contribution in [2.75, 3.05) is 5.32 Å². The first-order valence-corrected chi connectivity index (χ1v) is 5.78. The molecule has 0 bridgehead atoms. The molecule has 1 saturated carbocycles. The molecular formula is C11H13ClN2S. The zero-order valence-corrected chi connectivity index (χ0v) is 10.1. The Balaban J connectivity index is 2.05. The van der Waals surface area contributed by atoms with Crippen LogP contribution >= 0.6 is 23.8 Å². The van der Waals surface area contributed by atoms with Gasteiger partial charge in [-0.3, -0.25) is 0 Å². The summed E-state index contributed by atoms with van der Waals surface area (Å²) in [5.41, 5.74) is 2.00. The van der Waals surface area contributed by atoms with Crippen LogP contribution in [0.25, 0.3) is 0 Å². The summed E-state index contributed by atoms with van der Waals surface area (Å²) in [7, 11) is 0. The lowest BCUT2D eigenvalue weighted by Gasteiger charge is -2.13. The Morgan fingerprint density at radius 2 is 2.20 bits per heavy atom. The molecule has 1 aliphatic carbocycles. The number of para-hydroxylation sites is 1. The van der Waals surface area contributed by atoms with E-state index in [0.717, 1.165) is 11.3 Å². The number of aryl methyl sites for hydroxylation is 1. The van der Waals surface area contributed by atoms with Crippen molar-refractivity contribution < 1.29 is 0 Å². The van der Waals surface area contributed by atoms with Crippen LogP contribution in [0.4, 0.5) is 5.69 Å². The van der Waals surface area contributed by atoms with E-state index in [0.29, 0.717) is 16.2 Å². The third-order valence-corrected chi connectivity index (χ3v) is 2.91. The van der Waals surface area contributed by atoms with Crippen LogP contribution in [0.3, 0.4) is 0 Å². The number of nitrogens with one attached hydrogen (secondary N) is 2. The van der Waals surface area contributed by atoms with Crippen LogP contribution in [0.15, 0.2) is 18.2 Å². The zero-order chi connectivity index (χ0) is 10.8. The van der Waals surface area contributed by atoms with Crippen LogP contribution in [0, 0.1) is 6.92 Å². The molecule has 0 saturated heterocycles. The summed E-state index contributed by atoms with van der Waals surface area (Å²) in [6.07, 6.45) is 2.42. The van der Waals surface area contributed by atoms with Crippen molar-refractivity contribution in [2.24, 2.45) is 0 Å². The molecule has 0 heterocycles. The van der Waals surface area contributed by atoms with Gasteiger partial charge < -0.3 is 10.6 Å². The quantitative estimate of drug-likeness (QED) is 0.777. The molecule has 1 aromatic carbocycles. The number of rotatable bonds is 2. The molecule has 15 heavy (non-hydrogen) atoms. The molecule has 1 aromatic rings. The Bertz CT molecular complexity index is 368. The van der Waals surface area contributed by atoms with E-state index in [2.05, 4.69) is 10.6 Å². The largest absolute Gasteiger partial charge is 0.360 e. The van der Waals surface area contributed by atoms with Crippen LogP contribution in [0.1, 0.15) is 18.4 Å². The molecule has 4 heteroatoms. The minimum Gasteiger partial charge on any atom is -0.360 e. The molecule has 2 N–H and O–H groups in total. The smallest absolute Gasteiger partial charge is 0.171 e. The van der Waals surface area contributed by atoms with Gasteiger partial charge in [-0.25, -0.2) is 0 Å². The van der Waals surface area contributed by atoms with Crippen molar-refractivity contribution in [3.63, 3.8) is 0 Å². The Labute approximate surface area is 100 Å². The molecule has 0 unspecified atom stereocenters. The maximum absolute atomic E-state index is 6.08. The number of thiocarbonyl (C=S) groups is 1. The van der Waals surface area contributed by atoms with Gasteiger partial charge in [0.25, 0.3) is 0 Å². The molecule has 2 rings (SSSR count). The fraction of sp³-hybridized carbons (Fsp3) is 0.364. The first-order chi connectivity index (χ1) is 7.16. The van der Waals surface area contributed by atoms with Gasteiger partial charge in [-0.2, -0.15) is 0 Å². The van der Waals surface area contributed by atoms with Crippen molar-refractivity contribution in [1.29, 1.82) is 0 Å². The van der Waals surface area contributed by atoms with Crippen LogP contribution in [-0.2, 0) is 0 Å². The van der Waals surface area contributed by atoms with Gasteiger partial charge in [0.15, 0.2) is 5.11 Å². The standard InChI is InChI=1S/C11H13ClN2S/c1-7-3-2-4-9(12)10(7)14-11(15)13-8-5-6-8/h2-4,8H,5-6H2,1H3,(H2,13,14,15). The number of halogens is 1. The molecule has 0 aliphatic heterocycles. The maximum atomic E-state index is 6.08. The number of hydrogen-bond acceptors (Lipinski definition) is 1. The highest BCUT2D eigenvalue weighted by Crippen LogP contribution is 2.25. The first kappa shape index (κ1) is 10.7. The normalized spacial score (nSPS) is 14.8. The molecule has 1 fully saturated rings. The third kappa shape index (κ3) is 2.83. The molecule has 0 amide bonds. The van der Waals surface area contributed by atoms with Gasteiger partial charge >= 0.3 is 0 Å². The SMILES string of the molecule is Cc1cccc(Cl)c1NC(=S)NC1CC1. The second-order valence-electron chi connectivity index (χ2n) is 3.80. The molecule has 80 valence electrons. The van der Waals surface area contributed by atoms with Gasteiger partial charge in [-0.15, -0.1) is 0 Å². The Kier molecular flexibility index (Phi) is 3.12. The lowest BCUT2D eigenvalue weighted by atomic mass is 10.2. The summed E-state index contributed by atoms with van der Waals surface area (Å²) in [4.78, 5) is 0. The van der Waals surface area contributed by atoms with E-state index in [9.17, 15) is 0 Å². The minimum absolute atomic E-state index is 0.563. The van der Waals surface area contributed by atoms with Gasteiger partial charge in [0, 0.05) is 6.04 Å². The van der Waals surface area contributed by atoms with Gasteiger partial charge in [-0.05, 0) is 43.6 Å². The van der Waals surface area contributed by atoms with E-state index in [1.807, 2.05) is 25.1 Å². The van der Waals surface area contributed by atoms with Gasteiger partial charge in [0.2, 0.25) is 0 Å². The molecule has 0 aromatic heterocycles. The monoisotopic (exact) mass is 240 g/mol. The summed E-state index contributed by atoms with van der Waals surface area (Å²) in [5.74, 6) is 0. The Morgan fingerprint density at radius 1 is 1.47 bits per heavy atom. The van der Waals surface area contributed by atoms with E-state index in [4.69, 9.17) is 23.8 Å². The molecule has 0 spiro atoms. The van der Waals surface area contributed by atoms with Crippen molar-refractivity contribution in [3.8, 4) is 0 Å². The average molecular weight is 241 g/mol. The lowest BCUT2D eigenvalue weighted by Crippen LogP contribution is -2.30. The molecular weight excluding hydrogens is 228 g/mol. The second-order valence-corrected chi connectivity index (χ2v) is 4.62. The van der Waals surface area contributed by atoms with Gasteiger partial charge in [0.1, 0.15) is 0 Å². The predicted molar refractivity (Wildman–Crippen MR) is 68.6 cm³/mol. The topological polar surface area (TPSA) is 24.1 Å². The van der Waals surface area contributed by atoms with Crippen molar-refractivity contribution in [2.45, 2.75) is 25.8 Å². The van der Waals surface area contributed by atoms with E-state index in [-0.39, 0.29) is 0 Å². The van der Waals surface area contributed by atoms with Gasteiger partial charge in [0.05, 0.1) is 10.7 Å². The molecule has 1 aliphatic rings. The highest BCUT2D eigenvalue weighted by atomic mass is 35.5. The zero-order valence-electron chi connectivity index (χ0n) is 8.51. The highest BCUT2D eigenvalue weighted by molar-refractivity contribution is 7.80. The van der Waals surface area contributed by atoms with E-state index >= 15 is 0 Å². The van der Waals surface area contributed by atoms with E-state index in [1.54, 1.807) is 0 Å². The van der Waals surface area contributed by atoms with E-state index < -0.39 is 0 Å². The summed E-state index contributed by atoms with van der Waals surface area (Å²) >= 11 is 11.3. The van der Waals surface area contributed by atoms with Crippen LogP contribution < -0.4 is 10.6 Å². The van der Waals surface area contributed by atoms with Crippen LogP contribution in [0.2, 0.25) is 5.02 Å². The fourth-order valence-corrected chi connectivity index (χ4v) is 1.89. The average Bonchev–Trinajstić information content (AvgIpc) is 2.95. The lowest BCUT2D eigenvalue weighted by molar-refractivity contribution is 0.919. The third-order valence-electron chi connectivity index (χ3n) is 2.37. The molecule has 2 nitrogen and oxygen atoms in total. The summed E-state index contributed by atoms with van der Waals surface area (Å²) in [5, 5.41) is 7.72. The summed E-state index contributed by atoms with van der Waals surface area (Å²) in [6.45, 7) is 2.01. The number of hydrogen-bond donors (Lipinski definition) is 2. The van der Waals surface area contributed by atoms with Crippen molar-refractivity contribution >= 4 is 34.6 Å². The van der Waals surface area contributed by atoms with Crippen molar-refractivity contribution in [3.05, 3.63) is 28.8 Å².